The quantitative estimate of drug-likeness (QED) is 0.816. The lowest BCUT2D eigenvalue weighted by molar-refractivity contribution is 0.155. The van der Waals surface area contributed by atoms with Crippen molar-refractivity contribution in [3.8, 4) is 0 Å². The van der Waals surface area contributed by atoms with Crippen molar-refractivity contribution in [2.75, 3.05) is 13.6 Å². The van der Waals surface area contributed by atoms with Gasteiger partial charge < -0.3 is 15.0 Å². The van der Waals surface area contributed by atoms with E-state index in [4.69, 9.17) is 0 Å². The lowest BCUT2D eigenvalue weighted by Gasteiger charge is -2.13. The van der Waals surface area contributed by atoms with E-state index in [1.54, 1.807) is 0 Å². The highest BCUT2D eigenvalue weighted by atomic mass is 16.3. The number of likely N-dealkylation sites (N-methyl/N-ethyl adjacent to an activating group) is 1. The third-order valence-corrected chi connectivity index (χ3v) is 2.85. The molecular weight excluding hydrogens is 200 g/mol. The van der Waals surface area contributed by atoms with Gasteiger partial charge in [-0.3, -0.25) is 0 Å². The van der Waals surface area contributed by atoms with Crippen molar-refractivity contribution in [2.45, 2.75) is 19.6 Å². The average Bonchev–Trinajstić information content (AvgIpc) is 2.56. The molecule has 1 aromatic carbocycles. The van der Waals surface area contributed by atoms with Gasteiger partial charge in [0, 0.05) is 17.8 Å². The van der Waals surface area contributed by atoms with E-state index < -0.39 is 0 Å². The predicted octanol–water partition coefficient (Wildman–Crippen LogP) is 1.53. The van der Waals surface area contributed by atoms with E-state index in [0.717, 1.165) is 0 Å². The van der Waals surface area contributed by atoms with E-state index in [-0.39, 0.29) is 6.10 Å². The number of hydrogen-bond acceptors (Lipinski definition) is 2. The average molecular weight is 218 g/mol. The summed E-state index contributed by atoms with van der Waals surface area (Å²) in [5, 5.41) is 14.0. The lowest BCUT2D eigenvalue weighted by atomic mass is 10.2. The molecule has 0 saturated carbocycles. The second-order valence-electron chi connectivity index (χ2n) is 4.17. The van der Waals surface area contributed by atoms with E-state index in [0.29, 0.717) is 13.1 Å². The molecule has 0 radical (unpaired) electrons. The van der Waals surface area contributed by atoms with Crippen LogP contribution < -0.4 is 5.32 Å². The molecule has 3 heteroatoms. The van der Waals surface area contributed by atoms with Gasteiger partial charge in [-0.2, -0.15) is 0 Å². The molecule has 16 heavy (non-hydrogen) atoms. The summed E-state index contributed by atoms with van der Waals surface area (Å²) in [7, 11) is 1.85. The van der Waals surface area contributed by atoms with E-state index in [9.17, 15) is 5.11 Å². The minimum Gasteiger partial charge on any atom is -0.390 e. The molecule has 0 aliphatic rings. The Morgan fingerprint density at radius 1 is 1.38 bits per heavy atom. The molecule has 0 amide bonds. The summed E-state index contributed by atoms with van der Waals surface area (Å²) < 4.78 is 2.16. The van der Waals surface area contributed by atoms with Crippen LogP contribution in [0.2, 0.25) is 0 Å². The Labute approximate surface area is 95.7 Å². The Kier molecular flexibility index (Phi) is 3.27. The fourth-order valence-electron chi connectivity index (χ4n) is 2.10. The Morgan fingerprint density at radius 3 is 2.88 bits per heavy atom. The van der Waals surface area contributed by atoms with Crippen molar-refractivity contribution in [1.29, 1.82) is 0 Å². The molecule has 1 unspecified atom stereocenters. The number of para-hydroxylation sites is 1. The van der Waals surface area contributed by atoms with Crippen molar-refractivity contribution >= 4 is 10.9 Å². The first kappa shape index (κ1) is 11.2. The summed E-state index contributed by atoms with van der Waals surface area (Å²) in [5.74, 6) is 0. The lowest BCUT2D eigenvalue weighted by Crippen LogP contribution is -2.28. The van der Waals surface area contributed by atoms with Gasteiger partial charge in [0.15, 0.2) is 0 Å². The first-order valence-electron chi connectivity index (χ1n) is 5.60. The summed E-state index contributed by atoms with van der Waals surface area (Å²) in [6.07, 6.45) is -0.348. The Hall–Kier alpha value is -1.32. The van der Waals surface area contributed by atoms with Gasteiger partial charge in [0.2, 0.25) is 0 Å². The Balaban J connectivity index is 2.32. The van der Waals surface area contributed by atoms with Gasteiger partial charge in [-0.05, 0) is 31.5 Å². The molecule has 2 N–H and O–H groups in total. The van der Waals surface area contributed by atoms with Crippen LogP contribution in [0.4, 0.5) is 0 Å². The maximum atomic E-state index is 9.82. The van der Waals surface area contributed by atoms with E-state index in [2.05, 4.69) is 35.0 Å². The predicted molar refractivity (Wildman–Crippen MR) is 66.6 cm³/mol. The zero-order valence-corrected chi connectivity index (χ0v) is 9.77. The molecule has 0 bridgehead atoms. The van der Waals surface area contributed by atoms with Crippen LogP contribution in [-0.4, -0.2) is 29.4 Å². The van der Waals surface area contributed by atoms with Crippen LogP contribution in [0.25, 0.3) is 10.9 Å². The van der Waals surface area contributed by atoms with Crippen LogP contribution >= 0.6 is 0 Å². The Bertz CT molecular complexity index is 476. The first-order valence-corrected chi connectivity index (χ1v) is 5.60. The molecule has 0 fully saturated rings. The number of aryl methyl sites for hydroxylation is 1. The van der Waals surface area contributed by atoms with E-state index >= 15 is 0 Å². The third-order valence-electron chi connectivity index (χ3n) is 2.85. The SMILES string of the molecule is CNCC(O)Cn1c(C)cc2ccccc21. The highest BCUT2D eigenvalue weighted by Crippen LogP contribution is 2.19. The van der Waals surface area contributed by atoms with E-state index in [1.807, 2.05) is 19.2 Å². The molecule has 2 aromatic rings. The van der Waals surface area contributed by atoms with Gasteiger partial charge in [0.1, 0.15) is 0 Å². The van der Waals surface area contributed by atoms with Gasteiger partial charge >= 0.3 is 0 Å². The van der Waals surface area contributed by atoms with Crippen LogP contribution in [0.15, 0.2) is 30.3 Å². The van der Waals surface area contributed by atoms with Gasteiger partial charge in [-0.1, -0.05) is 18.2 Å². The molecule has 1 heterocycles. The smallest absolute Gasteiger partial charge is 0.0843 e. The number of nitrogens with zero attached hydrogens (tertiary/aromatic N) is 1. The summed E-state index contributed by atoms with van der Waals surface area (Å²) >= 11 is 0. The van der Waals surface area contributed by atoms with E-state index in [1.165, 1.54) is 16.6 Å². The highest BCUT2D eigenvalue weighted by Gasteiger charge is 2.09. The number of aliphatic hydroxyl groups excluding tert-OH is 1. The van der Waals surface area contributed by atoms with Crippen molar-refractivity contribution in [3.05, 3.63) is 36.0 Å². The fourth-order valence-corrected chi connectivity index (χ4v) is 2.10. The zero-order valence-electron chi connectivity index (χ0n) is 9.77. The molecule has 2 rings (SSSR count). The fraction of sp³-hybridized carbons (Fsp3) is 0.385. The summed E-state index contributed by atoms with van der Waals surface area (Å²) in [6, 6.07) is 10.4. The maximum Gasteiger partial charge on any atom is 0.0843 e. The maximum absolute atomic E-state index is 9.82. The van der Waals surface area contributed by atoms with Crippen molar-refractivity contribution in [3.63, 3.8) is 0 Å². The second kappa shape index (κ2) is 4.68. The van der Waals surface area contributed by atoms with Crippen LogP contribution in [0.3, 0.4) is 0 Å². The third kappa shape index (κ3) is 2.10. The van der Waals surface area contributed by atoms with Gasteiger partial charge in [-0.15, -0.1) is 0 Å². The monoisotopic (exact) mass is 218 g/mol. The topological polar surface area (TPSA) is 37.2 Å². The molecule has 0 aliphatic carbocycles. The summed E-state index contributed by atoms with van der Waals surface area (Å²) in [6.45, 7) is 3.33. The number of rotatable bonds is 4. The minimum atomic E-state index is -0.348. The molecule has 1 atom stereocenters. The number of hydrogen-bond donors (Lipinski definition) is 2. The van der Waals surface area contributed by atoms with Crippen molar-refractivity contribution < 1.29 is 5.11 Å². The molecule has 0 saturated heterocycles. The van der Waals surface area contributed by atoms with Gasteiger partial charge in [-0.25, -0.2) is 0 Å². The summed E-state index contributed by atoms with van der Waals surface area (Å²) in [4.78, 5) is 0. The zero-order chi connectivity index (χ0) is 11.5. The summed E-state index contributed by atoms with van der Waals surface area (Å²) in [5.41, 5.74) is 2.38. The van der Waals surface area contributed by atoms with Crippen molar-refractivity contribution in [1.82, 2.24) is 9.88 Å². The highest BCUT2D eigenvalue weighted by molar-refractivity contribution is 5.81. The minimum absolute atomic E-state index is 0.348. The first-order chi connectivity index (χ1) is 7.72. The van der Waals surface area contributed by atoms with Crippen LogP contribution in [0.1, 0.15) is 5.69 Å². The van der Waals surface area contributed by atoms with Crippen molar-refractivity contribution in [2.24, 2.45) is 0 Å². The van der Waals surface area contributed by atoms with Gasteiger partial charge in [0.05, 0.1) is 12.6 Å². The van der Waals surface area contributed by atoms with Gasteiger partial charge in [0.25, 0.3) is 0 Å². The number of aromatic nitrogens is 1. The number of aliphatic hydroxyl groups is 1. The number of fused-ring (bicyclic) bond motifs is 1. The molecule has 1 aromatic heterocycles. The molecular formula is C13H18N2O. The number of benzene rings is 1. The Morgan fingerprint density at radius 2 is 2.12 bits per heavy atom. The molecule has 3 nitrogen and oxygen atoms in total. The van der Waals surface area contributed by atoms with Crippen LogP contribution in [0.5, 0.6) is 0 Å². The molecule has 0 aliphatic heterocycles. The standard InChI is InChI=1S/C13H18N2O/c1-10-7-11-5-3-4-6-13(11)15(10)9-12(16)8-14-2/h3-7,12,14,16H,8-9H2,1-2H3. The largest absolute Gasteiger partial charge is 0.390 e. The second-order valence-corrected chi connectivity index (χ2v) is 4.17. The van der Waals surface area contributed by atoms with Crippen LogP contribution in [-0.2, 0) is 6.54 Å². The molecule has 86 valence electrons. The molecule has 0 spiro atoms. The normalized spacial score (nSPS) is 13.2. The van der Waals surface area contributed by atoms with Crippen LogP contribution in [0, 0.1) is 6.92 Å². The number of nitrogens with one attached hydrogen (secondary N) is 1.